The van der Waals surface area contributed by atoms with E-state index in [1.54, 1.807) is 0 Å². The number of hydrogen-bond donors (Lipinski definition) is 0. The van der Waals surface area contributed by atoms with Crippen LogP contribution in [0.15, 0.2) is 18.3 Å². The molecule has 1 aliphatic rings. The lowest BCUT2D eigenvalue weighted by atomic mass is 10.0. The fourth-order valence-electron chi connectivity index (χ4n) is 3.24. The zero-order valence-electron chi connectivity index (χ0n) is 12.5. The van der Waals surface area contributed by atoms with Crippen LogP contribution in [0.25, 0.3) is 11.2 Å². The molecule has 1 unspecified atom stereocenters. The number of hydrogen-bond acceptors (Lipinski definition) is 3. The molecule has 3 heterocycles. The average Bonchev–Trinajstić information content (AvgIpc) is 3.05. The highest BCUT2D eigenvalue weighted by Crippen LogP contribution is 2.22. The van der Waals surface area contributed by atoms with E-state index < -0.39 is 0 Å². The van der Waals surface area contributed by atoms with Gasteiger partial charge >= 0.3 is 0 Å². The second kappa shape index (κ2) is 5.92. The molecule has 0 spiro atoms. The van der Waals surface area contributed by atoms with Crippen molar-refractivity contribution < 1.29 is 0 Å². The lowest BCUT2D eigenvalue weighted by molar-refractivity contribution is 0.340. The molecule has 2 aromatic heterocycles. The maximum atomic E-state index is 4.83. The van der Waals surface area contributed by atoms with E-state index in [4.69, 9.17) is 4.98 Å². The number of imidazole rings is 1. The molecule has 4 heteroatoms. The molecule has 0 aromatic carbocycles. The minimum absolute atomic E-state index is 0.752. The molecule has 1 aliphatic heterocycles. The Bertz CT molecular complexity index is 575. The van der Waals surface area contributed by atoms with E-state index in [0.717, 1.165) is 36.5 Å². The van der Waals surface area contributed by atoms with Crippen LogP contribution in [-0.4, -0.2) is 39.1 Å². The van der Waals surface area contributed by atoms with Gasteiger partial charge in [0.2, 0.25) is 0 Å². The fraction of sp³-hybridized carbons (Fsp3) is 0.625. The Morgan fingerprint density at radius 2 is 2.25 bits per heavy atom. The molecule has 0 radical (unpaired) electrons. The van der Waals surface area contributed by atoms with Crippen LogP contribution in [0.3, 0.4) is 0 Å². The molecular weight excluding hydrogens is 248 g/mol. The first-order chi connectivity index (χ1) is 9.81. The van der Waals surface area contributed by atoms with Gasteiger partial charge in [-0.2, -0.15) is 0 Å². The maximum Gasteiger partial charge on any atom is 0.159 e. The quantitative estimate of drug-likeness (QED) is 0.839. The van der Waals surface area contributed by atoms with Gasteiger partial charge in [-0.1, -0.05) is 13.8 Å². The van der Waals surface area contributed by atoms with Crippen LogP contribution in [0.1, 0.15) is 32.5 Å². The van der Waals surface area contributed by atoms with Crippen LogP contribution in [0.4, 0.5) is 0 Å². The lowest BCUT2D eigenvalue weighted by Crippen LogP contribution is -2.21. The zero-order valence-corrected chi connectivity index (χ0v) is 12.5. The van der Waals surface area contributed by atoms with E-state index in [2.05, 4.69) is 34.4 Å². The molecular formula is C16H24N4. The predicted octanol–water partition coefficient (Wildman–Crippen LogP) is 2.73. The first-order valence-corrected chi connectivity index (χ1v) is 7.84. The van der Waals surface area contributed by atoms with Gasteiger partial charge < -0.3 is 9.47 Å². The summed E-state index contributed by atoms with van der Waals surface area (Å²) in [6.45, 7) is 9.12. The minimum Gasteiger partial charge on any atom is -0.313 e. The second-order valence-electron chi connectivity index (χ2n) is 5.78. The number of likely N-dealkylation sites (tertiary alicyclic amines) is 1. The maximum absolute atomic E-state index is 4.83. The van der Waals surface area contributed by atoms with Gasteiger partial charge in [0.25, 0.3) is 0 Å². The molecule has 4 nitrogen and oxygen atoms in total. The molecule has 0 bridgehead atoms. The number of aromatic nitrogens is 3. The molecule has 108 valence electrons. The molecule has 0 aliphatic carbocycles. The number of fused-ring (bicyclic) bond motifs is 1. The van der Waals surface area contributed by atoms with E-state index in [-0.39, 0.29) is 0 Å². The first-order valence-electron chi connectivity index (χ1n) is 7.84. The van der Waals surface area contributed by atoms with Crippen molar-refractivity contribution in [2.45, 2.75) is 39.7 Å². The normalized spacial score (nSPS) is 20.0. The highest BCUT2D eigenvalue weighted by molar-refractivity contribution is 5.71. The van der Waals surface area contributed by atoms with E-state index in [0.29, 0.717) is 0 Å². The van der Waals surface area contributed by atoms with Crippen LogP contribution in [0, 0.1) is 5.92 Å². The monoisotopic (exact) mass is 272 g/mol. The van der Waals surface area contributed by atoms with Crippen LogP contribution < -0.4 is 0 Å². The van der Waals surface area contributed by atoms with Crippen molar-refractivity contribution in [3.8, 4) is 0 Å². The summed E-state index contributed by atoms with van der Waals surface area (Å²) in [5.41, 5.74) is 2.09. The number of aryl methyl sites for hydroxylation is 1. The summed E-state index contributed by atoms with van der Waals surface area (Å²) in [4.78, 5) is 11.9. The number of pyridine rings is 1. The van der Waals surface area contributed by atoms with Gasteiger partial charge in [-0.05, 0) is 44.0 Å². The van der Waals surface area contributed by atoms with Crippen molar-refractivity contribution in [2.75, 3.05) is 19.6 Å². The fourth-order valence-corrected chi connectivity index (χ4v) is 3.24. The summed E-state index contributed by atoms with van der Waals surface area (Å²) in [6, 6.07) is 4.05. The first kappa shape index (κ1) is 13.6. The van der Waals surface area contributed by atoms with Gasteiger partial charge in [-0.15, -0.1) is 0 Å². The van der Waals surface area contributed by atoms with Crippen LogP contribution in [0.2, 0.25) is 0 Å². The van der Waals surface area contributed by atoms with Crippen molar-refractivity contribution in [3.63, 3.8) is 0 Å². The third-order valence-electron chi connectivity index (χ3n) is 4.32. The molecule has 2 aromatic rings. The van der Waals surface area contributed by atoms with Crippen molar-refractivity contribution >= 4 is 11.2 Å². The average molecular weight is 272 g/mol. The van der Waals surface area contributed by atoms with Crippen LogP contribution in [-0.2, 0) is 13.0 Å². The minimum atomic E-state index is 0.752. The molecule has 20 heavy (non-hydrogen) atoms. The Morgan fingerprint density at radius 1 is 1.35 bits per heavy atom. The molecule has 0 amide bonds. The van der Waals surface area contributed by atoms with E-state index in [1.807, 2.05) is 12.3 Å². The summed E-state index contributed by atoms with van der Waals surface area (Å²) in [5, 5.41) is 0. The molecule has 1 atom stereocenters. The summed E-state index contributed by atoms with van der Waals surface area (Å²) in [5.74, 6) is 1.98. The van der Waals surface area contributed by atoms with Crippen LogP contribution >= 0.6 is 0 Å². The SMILES string of the molecule is CCCn1c(CC2CCN(CC)C2)nc2cccnc21. The predicted molar refractivity (Wildman–Crippen MR) is 81.7 cm³/mol. The van der Waals surface area contributed by atoms with Crippen molar-refractivity contribution in [1.82, 2.24) is 19.4 Å². The second-order valence-corrected chi connectivity index (χ2v) is 5.78. The van der Waals surface area contributed by atoms with Crippen LogP contribution in [0.5, 0.6) is 0 Å². The van der Waals surface area contributed by atoms with Gasteiger partial charge in [0.15, 0.2) is 5.65 Å². The third-order valence-corrected chi connectivity index (χ3v) is 4.32. The third kappa shape index (κ3) is 2.57. The highest BCUT2D eigenvalue weighted by atomic mass is 15.2. The smallest absolute Gasteiger partial charge is 0.159 e. The molecule has 0 saturated carbocycles. The Labute approximate surface area is 120 Å². The topological polar surface area (TPSA) is 34.0 Å². The van der Waals surface area contributed by atoms with E-state index in [1.165, 1.54) is 31.9 Å². The van der Waals surface area contributed by atoms with Gasteiger partial charge in [-0.3, -0.25) is 0 Å². The van der Waals surface area contributed by atoms with Gasteiger partial charge in [-0.25, -0.2) is 9.97 Å². The summed E-state index contributed by atoms with van der Waals surface area (Å²) < 4.78 is 2.32. The van der Waals surface area contributed by atoms with Gasteiger partial charge in [0.05, 0.1) is 0 Å². The van der Waals surface area contributed by atoms with Crippen molar-refractivity contribution in [1.29, 1.82) is 0 Å². The molecule has 1 saturated heterocycles. The summed E-state index contributed by atoms with van der Waals surface area (Å²) >= 11 is 0. The summed E-state index contributed by atoms with van der Waals surface area (Å²) in [7, 11) is 0. The Morgan fingerprint density at radius 3 is 3.00 bits per heavy atom. The largest absolute Gasteiger partial charge is 0.313 e. The number of nitrogens with zero attached hydrogens (tertiary/aromatic N) is 4. The van der Waals surface area contributed by atoms with Crippen molar-refractivity contribution in [3.05, 3.63) is 24.2 Å². The Kier molecular flexibility index (Phi) is 4.01. The van der Waals surface area contributed by atoms with E-state index in [9.17, 15) is 0 Å². The standard InChI is InChI=1S/C16H24N4/c1-3-9-20-15(11-13-7-10-19(4-2)12-13)18-14-6-5-8-17-16(14)20/h5-6,8,13H,3-4,7,9-12H2,1-2H3. The molecule has 1 fully saturated rings. The molecule has 0 N–H and O–H groups in total. The van der Waals surface area contributed by atoms with Gasteiger partial charge in [0.1, 0.15) is 11.3 Å². The number of rotatable bonds is 5. The summed E-state index contributed by atoms with van der Waals surface area (Å²) in [6.07, 6.45) is 5.39. The lowest BCUT2D eigenvalue weighted by Gasteiger charge is -2.13. The molecule has 3 rings (SSSR count). The zero-order chi connectivity index (χ0) is 13.9. The van der Waals surface area contributed by atoms with Crippen molar-refractivity contribution in [2.24, 2.45) is 5.92 Å². The Balaban J connectivity index is 1.85. The highest BCUT2D eigenvalue weighted by Gasteiger charge is 2.23. The Hall–Kier alpha value is -1.42. The van der Waals surface area contributed by atoms with Gasteiger partial charge in [0, 0.05) is 25.7 Å². The van der Waals surface area contributed by atoms with E-state index >= 15 is 0 Å².